The van der Waals surface area contributed by atoms with Gasteiger partial charge in [0.15, 0.2) is 5.65 Å². The molecule has 136 valence electrons. The summed E-state index contributed by atoms with van der Waals surface area (Å²) in [7, 11) is 0. The van der Waals surface area contributed by atoms with Crippen LogP contribution in [0.5, 0.6) is 0 Å². The fourth-order valence-electron chi connectivity index (χ4n) is 3.28. The van der Waals surface area contributed by atoms with Crippen molar-refractivity contribution < 1.29 is 0 Å². The van der Waals surface area contributed by atoms with Crippen LogP contribution in [0, 0.1) is 12.8 Å². The van der Waals surface area contributed by atoms with Crippen molar-refractivity contribution >= 4 is 28.7 Å². The van der Waals surface area contributed by atoms with Crippen molar-refractivity contribution in [3.05, 3.63) is 51.0 Å². The van der Waals surface area contributed by atoms with Gasteiger partial charge in [-0.15, -0.1) is 0 Å². The molecule has 0 bridgehead atoms. The second-order valence-corrected chi connectivity index (χ2v) is 7.19. The number of imidazole rings is 1. The average Bonchev–Trinajstić information content (AvgIpc) is 3.24. The van der Waals surface area contributed by atoms with Gasteiger partial charge in [0.2, 0.25) is 5.95 Å². The summed E-state index contributed by atoms with van der Waals surface area (Å²) >= 11 is 6.11. The van der Waals surface area contributed by atoms with Gasteiger partial charge in [-0.3, -0.25) is 4.57 Å². The number of rotatable bonds is 5. The summed E-state index contributed by atoms with van der Waals surface area (Å²) in [6, 6.07) is 5.69. The number of hydrogen-bond donors (Lipinski definition) is 3. The topological polar surface area (TPSA) is 87.6 Å². The Hall–Kier alpha value is -2.38. The van der Waals surface area contributed by atoms with Crippen molar-refractivity contribution in [1.29, 1.82) is 0 Å². The third kappa shape index (κ3) is 3.45. The highest BCUT2D eigenvalue weighted by atomic mass is 35.5. The molecule has 4 rings (SSSR count). The van der Waals surface area contributed by atoms with Crippen LogP contribution in [-0.2, 0) is 6.54 Å². The minimum atomic E-state index is -0.203. The van der Waals surface area contributed by atoms with Gasteiger partial charge < -0.3 is 15.6 Å². The number of aromatic amines is 1. The third-order valence-corrected chi connectivity index (χ3v) is 5.10. The molecule has 8 heteroatoms. The maximum Gasteiger partial charge on any atom is 0.328 e. The van der Waals surface area contributed by atoms with Gasteiger partial charge in [0, 0.05) is 11.6 Å². The van der Waals surface area contributed by atoms with Gasteiger partial charge in [0.1, 0.15) is 5.52 Å². The van der Waals surface area contributed by atoms with Gasteiger partial charge in [-0.2, -0.15) is 4.98 Å². The predicted molar refractivity (Wildman–Crippen MR) is 103 cm³/mol. The summed E-state index contributed by atoms with van der Waals surface area (Å²) in [5.41, 5.74) is 3.09. The first-order valence-corrected chi connectivity index (χ1v) is 9.13. The Kier molecular flexibility index (Phi) is 4.65. The maximum absolute atomic E-state index is 12.4. The van der Waals surface area contributed by atoms with Gasteiger partial charge in [0.25, 0.3) is 0 Å². The van der Waals surface area contributed by atoms with Gasteiger partial charge in [-0.05, 0) is 55.6 Å². The quantitative estimate of drug-likeness (QED) is 0.638. The number of nitrogens with zero attached hydrogens (tertiary/aromatic N) is 3. The fraction of sp³-hybridized carbons (Fsp3) is 0.389. The number of anilines is 1. The van der Waals surface area contributed by atoms with E-state index in [-0.39, 0.29) is 5.69 Å². The lowest BCUT2D eigenvalue weighted by molar-refractivity contribution is 0.613. The summed E-state index contributed by atoms with van der Waals surface area (Å²) < 4.78 is 1.62. The van der Waals surface area contributed by atoms with Gasteiger partial charge in [-0.25, -0.2) is 9.78 Å². The van der Waals surface area contributed by atoms with Crippen molar-refractivity contribution in [2.75, 3.05) is 25.0 Å². The summed E-state index contributed by atoms with van der Waals surface area (Å²) in [4.78, 5) is 24.1. The van der Waals surface area contributed by atoms with E-state index in [1.165, 1.54) is 0 Å². The molecule has 0 radical (unpaired) electrons. The molecule has 1 fully saturated rings. The van der Waals surface area contributed by atoms with Crippen LogP contribution in [0.4, 0.5) is 5.95 Å². The molecule has 1 aliphatic heterocycles. The predicted octanol–water partition coefficient (Wildman–Crippen LogP) is 2.15. The normalized spacial score (nSPS) is 17.1. The number of halogens is 1. The largest absolute Gasteiger partial charge is 0.354 e. The Morgan fingerprint density at radius 3 is 3.12 bits per heavy atom. The van der Waals surface area contributed by atoms with Crippen LogP contribution >= 0.6 is 11.6 Å². The first-order chi connectivity index (χ1) is 12.6. The maximum atomic E-state index is 12.4. The van der Waals surface area contributed by atoms with Crippen molar-refractivity contribution in [3.8, 4) is 0 Å². The third-order valence-electron chi connectivity index (χ3n) is 4.86. The molecular formula is C18H21ClN6O. The van der Waals surface area contributed by atoms with E-state index in [0.29, 0.717) is 34.6 Å². The first-order valence-electron chi connectivity index (χ1n) is 8.75. The molecule has 2 aromatic heterocycles. The summed E-state index contributed by atoms with van der Waals surface area (Å²) in [5.74, 6) is 1.12. The molecule has 0 aliphatic carbocycles. The van der Waals surface area contributed by atoms with E-state index in [0.717, 1.165) is 37.2 Å². The summed E-state index contributed by atoms with van der Waals surface area (Å²) in [6.07, 6.45) is 2.80. The van der Waals surface area contributed by atoms with Gasteiger partial charge in [-0.1, -0.05) is 17.7 Å². The number of benzene rings is 1. The molecule has 3 N–H and O–H groups in total. The molecular weight excluding hydrogens is 352 g/mol. The van der Waals surface area contributed by atoms with Crippen LogP contribution in [0.3, 0.4) is 0 Å². The van der Waals surface area contributed by atoms with E-state index < -0.39 is 0 Å². The van der Waals surface area contributed by atoms with E-state index in [4.69, 9.17) is 11.6 Å². The van der Waals surface area contributed by atoms with Crippen LogP contribution in [0.2, 0.25) is 5.02 Å². The van der Waals surface area contributed by atoms with E-state index in [1.807, 2.05) is 25.1 Å². The Labute approximate surface area is 155 Å². The second-order valence-electron chi connectivity index (χ2n) is 6.76. The highest BCUT2D eigenvalue weighted by Gasteiger charge is 2.15. The van der Waals surface area contributed by atoms with E-state index in [9.17, 15) is 4.79 Å². The average molecular weight is 373 g/mol. The Bertz CT molecular complexity index is 989. The molecule has 1 saturated heterocycles. The fourth-order valence-corrected chi connectivity index (χ4v) is 3.48. The number of aryl methyl sites for hydroxylation is 1. The monoisotopic (exact) mass is 372 g/mol. The zero-order chi connectivity index (χ0) is 18.1. The number of nitrogens with one attached hydrogen (secondary N) is 3. The Morgan fingerprint density at radius 2 is 2.31 bits per heavy atom. The smallest absolute Gasteiger partial charge is 0.328 e. The molecule has 26 heavy (non-hydrogen) atoms. The number of hydrogen-bond acceptors (Lipinski definition) is 5. The first kappa shape index (κ1) is 17.1. The molecule has 3 heterocycles. The van der Waals surface area contributed by atoms with Crippen LogP contribution < -0.4 is 16.3 Å². The molecule has 3 aromatic rings. The van der Waals surface area contributed by atoms with Crippen LogP contribution in [-0.4, -0.2) is 39.2 Å². The van der Waals surface area contributed by atoms with Crippen LogP contribution in [0.1, 0.15) is 17.5 Å². The van der Waals surface area contributed by atoms with Crippen LogP contribution in [0.15, 0.2) is 29.2 Å². The van der Waals surface area contributed by atoms with E-state index in [1.54, 1.807) is 10.8 Å². The molecule has 0 saturated carbocycles. The highest BCUT2D eigenvalue weighted by Crippen LogP contribution is 2.18. The lowest BCUT2D eigenvalue weighted by Crippen LogP contribution is -2.19. The molecule has 1 aromatic carbocycles. The zero-order valence-electron chi connectivity index (χ0n) is 14.6. The van der Waals surface area contributed by atoms with Crippen molar-refractivity contribution in [2.45, 2.75) is 19.9 Å². The molecule has 7 nitrogen and oxygen atoms in total. The second kappa shape index (κ2) is 7.09. The molecule has 0 unspecified atom stereocenters. The summed E-state index contributed by atoms with van der Waals surface area (Å²) in [6.45, 7) is 5.30. The summed E-state index contributed by atoms with van der Waals surface area (Å²) in [5, 5.41) is 7.29. The lowest BCUT2D eigenvalue weighted by Gasteiger charge is -2.10. The Balaban J connectivity index is 1.63. The molecule has 0 amide bonds. The van der Waals surface area contributed by atoms with Gasteiger partial charge >= 0.3 is 5.69 Å². The van der Waals surface area contributed by atoms with E-state index in [2.05, 4.69) is 25.6 Å². The zero-order valence-corrected chi connectivity index (χ0v) is 15.3. The Morgan fingerprint density at radius 1 is 1.42 bits per heavy atom. The number of aromatic nitrogens is 4. The lowest BCUT2D eigenvalue weighted by atomic mass is 10.1. The molecule has 0 spiro atoms. The highest BCUT2D eigenvalue weighted by molar-refractivity contribution is 6.30. The van der Waals surface area contributed by atoms with Crippen molar-refractivity contribution in [1.82, 2.24) is 24.8 Å². The number of H-pyrrole nitrogens is 1. The standard InChI is InChI=1S/C18H21ClN6O/c1-11-2-3-14(19)6-13(11)10-25-16-15(23-18(25)26)9-22-17(24-16)21-8-12-4-5-20-7-12/h2-3,6,9,12,20H,4-5,7-8,10H2,1H3,(H,23,26)(H,21,22,24)/t12-/m0/s1. The minimum Gasteiger partial charge on any atom is -0.354 e. The molecule has 1 atom stereocenters. The number of fused-ring (bicyclic) bond motifs is 1. The minimum absolute atomic E-state index is 0.203. The van der Waals surface area contributed by atoms with Gasteiger partial charge in [0.05, 0.1) is 12.7 Å². The van der Waals surface area contributed by atoms with Crippen molar-refractivity contribution in [2.24, 2.45) is 5.92 Å². The molecule has 1 aliphatic rings. The van der Waals surface area contributed by atoms with Crippen molar-refractivity contribution in [3.63, 3.8) is 0 Å². The van der Waals surface area contributed by atoms with E-state index >= 15 is 0 Å². The SMILES string of the molecule is Cc1ccc(Cl)cc1Cn1c(=O)[nH]c2cnc(NC[C@H]3CCNC3)nc21. The van der Waals surface area contributed by atoms with Crippen LogP contribution in [0.25, 0.3) is 11.2 Å².